The van der Waals surface area contributed by atoms with E-state index in [0.717, 1.165) is 38.5 Å². The van der Waals surface area contributed by atoms with Crippen LogP contribution in [0.1, 0.15) is 52.4 Å². The molecule has 0 unspecified atom stereocenters. The van der Waals surface area contributed by atoms with Crippen LogP contribution in [0.3, 0.4) is 0 Å². The molecule has 3 aromatic carbocycles. The number of halogens is 1. The fraction of sp³-hybridized carbons (Fsp3) is 0.385. The van der Waals surface area contributed by atoms with E-state index >= 15 is 0 Å². The van der Waals surface area contributed by atoms with Gasteiger partial charge in [-0.25, -0.2) is 9.59 Å². The maximum Gasteiger partial charge on any atom is 0.513 e. The number of benzene rings is 3. The van der Waals surface area contributed by atoms with E-state index in [-0.39, 0.29) is 6.61 Å². The van der Waals surface area contributed by atoms with Crippen LogP contribution in [0.4, 0.5) is 9.59 Å². The molecule has 0 saturated heterocycles. The van der Waals surface area contributed by atoms with Gasteiger partial charge in [0.1, 0.15) is 5.75 Å². The number of hydrogen-bond acceptors (Lipinski definition) is 6. The zero-order chi connectivity index (χ0) is 23.6. The molecule has 6 nitrogen and oxygen atoms in total. The average Bonchev–Trinajstić information content (AvgIpc) is 2.81. The van der Waals surface area contributed by atoms with Crippen molar-refractivity contribution in [3.63, 3.8) is 0 Å². The van der Waals surface area contributed by atoms with Gasteiger partial charge in [0.05, 0.1) is 13.2 Å². The number of unbranched alkanes of at least 4 members (excludes halogenated alkanes) is 4. The van der Waals surface area contributed by atoms with Crippen molar-refractivity contribution in [2.24, 2.45) is 0 Å². The summed E-state index contributed by atoms with van der Waals surface area (Å²) in [5, 5.41) is 2.74. The van der Waals surface area contributed by atoms with Crippen LogP contribution in [0.25, 0.3) is 21.5 Å². The van der Waals surface area contributed by atoms with E-state index in [2.05, 4.69) is 13.8 Å². The van der Waals surface area contributed by atoms with Gasteiger partial charge in [-0.2, -0.15) is 0 Å². The molecule has 33 heavy (non-hydrogen) atoms. The van der Waals surface area contributed by atoms with Gasteiger partial charge in [-0.05, 0) is 31.0 Å². The van der Waals surface area contributed by atoms with Crippen LogP contribution in [0.2, 0.25) is 5.02 Å². The van der Waals surface area contributed by atoms with E-state index in [1.165, 1.54) is 0 Å². The van der Waals surface area contributed by atoms with Crippen molar-refractivity contribution in [2.45, 2.75) is 52.4 Å². The molecule has 0 aliphatic rings. The molecule has 0 fully saturated rings. The third-order valence-corrected chi connectivity index (χ3v) is 5.43. The second-order valence-corrected chi connectivity index (χ2v) is 8.15. The average molecular weight is 473 g/mol. The topological polar surface area (TPSA) is 71.1 Å². The van der Waals surface area contributed by atoms with Gasteiger partial charge < -0.3 is 18.9 Å². The van der Waals surface area contributed by atoms with E-state index in [1.54, 1.807) is 30.3 Å². The fourth-order valence-corrected chi connectivity index (χ4v) is 3.70. The van der Waals surface area contributed by atoms with Crippen LogP contribution in [0, 0.1) is 0 Å². The first-order valence-corrected chi connectivity index (χ1v) is 11.8. The highest BCUT2D eigenvalue weighted by atomic mass is 35.5. The number of ether oxygens (including phenoxy) is 4. The second-order valence-electron chi connectivity index (χ2n) is 7.71. The standard InChI is InChI=1S/C26H29ClO6/c1-3-5-9-15-30-25(28)32-23-19-11-7-8-12-20(19)24(22-17-18(27)13-14-21(22)23)33-26(29)31-16-10-6-4-2/h7-8,11-14,17H,3-6,9-10,15-16H2,1-2H3. The molecule has 0 N–H and O–H groups in total. The molecule has 0 aliphatic carbocycles. The van der Waals surface area contributed by atoms with E-state index in [9.17, 15) is 9.59 Å². The quantitative estimate of drug-likeness (QED) is 0.128. The lowest BCUT2D eigenvalue weighted by Crippen LogP contribution is -2.14. The Bertz CT molecular complexity index is 1110. The van der Waals surface area contributed by atoms with Gasteiger partial charge in [-0.3, -0.25) is 0 Å². The maximum absolute atomic E-state index is 12.4. The summed E-state index contributed by atoms with van der Waals surface area (Å²) < 4.78 is 21.7. The first kappa shape index (κ1) is 24.6. The number of hydrogen-bond donors (Lipinski definition) is 0. The van der Waals surface area contributed by atoms with E-state index in [4.69, 9.17) is 30.5 Å². The number of rotatable bonds is 10. The van der Waals surface area contributed by atoms with Crippen molar-refractivity contribution in [1.82, 2.24) is 0 Å². The van der Waals surface area contributed by atoms with Crippen LogP contribution >= 0.6 is 11.6 Å². The van der Waals surface area contributed by atoms with Gasteiger partial charge in [-0.15, -0.1) is 0 Å². The molecular weight excluding hydrogens is 444 g/mol. The second kappa shape index (κ2) is 12.3. The van der Waals surface area contributed by atoms with Crippen LogP contribution in [-0.4, -0.2) is 25.5 Å². The molecule has 176 valence electrons. The molecule has 3 aromatic rings. The Morgan fingerprint density at radius 3 is 1.70 bits per heavy atom. The summed E-state index contributed by atoms with van der Waals surface area (Å²) in [5.41, 5.74) is 0. The lowest BCUT2D eigenvalue weighted by molar-refractivity contribution is 0.0966. The molecule has 0 amide bonds. The molecule has 0 heterocycles. The minimum atomic E-state index is -0.790. The van der Waals surface area contributed by atoms with Crippen molar-refractivity contribution < 1.29 is 28.5 Å². The third kappa shape index (κ3) is 6.51. The Morgan fingerprint density at radius 1 is 0.697 bits per heavy atom. The molecule has 0 aliphatic heterocycles. The molecule has 0 spiro atoms. The number of carbonyl (C=O) groups is 2. The summed E-state index contributed by atoms with van der Waals surface area (Å²) in [7, 11) is 0. The molecule has 0 aromatic heterocycles. The van der Waals surface area contributed by atoms with E-state index in [0.29, 0.717) is 44.7 Å². The maximum atomic E-state index is 12.4. The van der Waals surface area contributed by atoms with E-state index < -0.39 is 12.3 Å². The zero-order valence-corrected chi connectivity index (χ0v) is 19.8. The SMILES string of the molecule is CCCCCOC(=O)Oc1c2ccccc2c(OC(=O)OCCCCC)c2cc(Cl)ccc12. The van der Waals surface area contributed by atoms with Crippen molar-refractivity contribution in [2.75, 3.05) is 13.2 Å². The largest absolute Gasteiger partial charge is 0.513 e. The van der Waals surface area contributed by atoms with Gasteiger partial charge in [0.15, 0.2) is 5.75 Å². The number of carbonyl (C=O) groups excluding carboxylic acids is 2. The van der Waals surface area contributed by atoms with Crippen LogP contribution in [-0.2, 0) is 9.47 Å². The molecule has 7 heteroatoms. The van der Waals surface area contributed by atoms with Crippen molar-refractivity contribution >= 4 is 45.5 Å². The molecule has 3 rings (SSSR count). The normalized spacial score (nSPS) is 10.9. The molecule has 0 saturated carbocycles. The first-order valence-electron chi connectivity index (χ1n) is 11.4. The van der Waals surface area contributed by atoms with E-state index in [1.807, 2.05) is 12.1 Å². The highest BCUT2D eigenvalue weighted by Gasteiger charge is 2.21. The molecule has 0 radical (unpaired) electrons. The minimum absolute atomic E-state index is 0.286. The Labute approximate surface area is 198 Å². The summed E-state index contributed by atoms with van der Waals surface area (Å²) in [5.74, 6) is 0.619. The predicted octanol–water partition coefficient (Wildman–Crippen LogP) is 8.06. The first-order chi connectivity index (χ1) is 16.0. The van der Waals surface area contributed by atoms with Crippen molar-refractivity contribution in [1.29, 1.82) is 0 Å². The van der Waals surface area contributed by atoms with Crippen LogP contribution < -0.4 is 9.47 Å². The molecule has 0 atom stereocenters. The Morgan fingerprint density at radius 2 is 1.18 bits per heavy atom. The Hall–Kier alpha value is -2.99. The van der Waals surface area contributed by atoms with Crippen molar-refractivity contribution in [3.8, 4) is 11.5 Å². The molecule has 0 bridgehead atoms. The summed E-state index contributed by atoms with van der Waals surface area (Å²) in [6, 6.07) is 12.3. The molecular formula is C26H29ClO6. The Balaban J connectivity index is 1.97. The van der Waals surface area contributed by atoms with Gasteiger partial charge in [-0.1, -0.05) is 75.4 Å². The summed E-state index contributed by atoms with van der Waals surface area (Å²) in [6.45, 7) is 4.73. The van der Waals surface area contributed by atoms with Crippen LogP contribution in [0.15, 0.2) is 42.5 Å². The lowest BCUT2D eigenvalue weighted by atomic mass is 10.0. The highest BCUT2D eigenvalue weighted by Crippen LogP contribution is 2.43. The fourth-order valence-electron chi connectivity index (χ4n) is 3.53. The Kier molecular flexibility index (Phi) is 9.19. The minimum Gasteiger partial charge on any atom is -0.434 e. The van der Waals surface area contributed by atoms with Gasteiger partial charge in [0, 0.05) is 26.6 Å². The number of fused-ring (bicyclic) bond motifs is 2. The highest BCUT2D eigenvalue weighted by molar-refractivity contribution is 6.31. The van der Waals surface area contributed by atoms with Gasteiger partial charge >= 0.3 is 12.3 Å². The zero-order valence-electron chi connectivity index (χ0n) is 19.0. The third-order valence-electron chi connectivity index (χ3n) is 5.19. The summed E-state index contributed by atoms with van der Waals surface area (Å²) in [6.07, 6.45) is 3.96. The summed E-state index contributed by atoms with van der Waals surface area (Å²) in [4.78, 5) is 24.8. The van der Waals surface area contributed by atoms with Crippen LogP contribution in [0.5, 0.6) is 11.5 Å². The monoisotopic (exact) mass is 472 g/mol. The summed E-state index contributed by atoms with van der Waals surface area (Å²) >= 11 is 6.25. The lowest BCUT2D eigenvalue weighted by Gasteiger charge is -2.16. The van der Waals surface area contributed by atoms with Crippen molar-refractivity contribution in [3.05, 3.63) is 47.5 Å². The predicted molar refractivity (Wildman–Crippen MR) is 129 cm³/mol. The van der Waals surface area contributed by atoms with Gasteiger partial charge in [0.2, 0.25) is 0 Å². The smallest absolute Gasteiger partial charge is 0.434 e. The van der Waals surface area contributed by atoms with Gasteiger partial charge in [0.25, 0.3) is 0 Å².